The molecule has 0 spiro atoms. The third-order valence-electron chi connectivity index (χ3n) is 4.84. The smallest absolute Gasteiger partial charge is 0.236 e. The number of hydrogen-bond acceptors (Lipinski definition) is 7. The van der Waals surface area contributed by atoms with Gasteiger partial charge in [-0.05, 0) is 37.3 Å². The Kier molecular flexibility index (Phi) is 8.63. The van der Waals surface area contributed by atoms with Crippen molar-refractivity contribution in [1.82, 2.24) is 19.7 Å². The highest BCUT2D eigenvalue weighted by Crippen LogP contribution is 2.31. The quantitative estimate of drug-likeness (QED) is 0.167. The number of carbonyl (C=O) groups is 1. The molecule has 0 fully saturated rings. The van der Waals surface area contributed by atoms with Crippen molar-refractivity contribution in [2.75, 3.05) is 11.1 Å². The van der Waals surface area contributed by atoms with Gasteiger partial charge in [-0.15, -0.1) is 28.1 Å². The average Bonchev–Trinajstić information content (AvgIpc) is 3.47. The summed E-state index contributed by atoms with van der Waals surface area (Å²) in [6.07, 6.45) is 1.16. The summed E-state index contributed by atoms with van der Waals surface area (Å²) in [5.74, 6) is 0.267. The second-order valence-electron chi connectivity index (χ2n) is 7.46. The number of halogens is 3. The van der Waals surface area contributed by atoms with Crippen molar-refractivity contribution < 1.29 is 13.9 Å². The summed E-state index contributed by atoms with van der Waals surface area (Å²) in [5.41, 5.74) is 1.67. The molecule has 4 aromatic rings. The number of benzene rings is 2. The second kappa shape index (κ2) is 11.9. The molecule has 0 saturated heterocycles. The number of carbonyl (C=O) groups excluding carboxylic acids is 1. The molecule has 0 aliphatic rings. The number of thiazole rings is 1. The molecule has 0 bridgehead atoms. The molecule has 1 unspecified atom stereocenters. The van der Waals surface area contributed by atoms with Gasteiger partial charge < -0.3 is 10.1 Å². The first-order valence-electron chi connectivity index (χ1n) is 10.6. The van der Waals surface area contributed by atoms with E-state index in [-0.39, 0.29) is 16.7 Å². The fourth-order valence-corrected chi connectivity index (χ4v) is 5.02. The van der Waals surface area contributed by atoms with Gasteiger partial charge in [0.1, 0.15) is 11.6 Å². The fourth-order valence-electron chi connectivity index (χ4n) is 3.19. The minimum atomic E-state index is -0.537. The SMILES string of the molecule is C=CCn1c(SCC(=O)Nc2nc(-c3ccc(Cl)cc3)cs2)nnc1C(C)Oc1ccc(F)cc1Cl. The van der Waals surface area contributed by atoms with E-state index < -0.39 is 11.9 Å². The number of hydrogen-bond donors (Lipinski definition) is 1. The molecule has 186 valence electrons. The number of allylic oxidation sites excluding steroid dienone is 1. The van der Waals surface area contributed by atoms with E-state index in [9.17, 15) is 9.18 Å². The predicted molar refractivity (Wildman–Crippen MR) is 143 cm³/mol. The molecule has 12 heteroatoms. The standard InChI is InChI=1S/C24H20Cl2FN5O2S2/c1-3-10-32-22(14(2)34-20-9-8-17(27)11-18(20)26)30-31-24(32)36-13-21(33)29-23-28-19(12-35-23)15-4-6-16(25)7-5-15/h3-9,11-12,14H,1,10,13H2,2H3,(H,28,29,33). The zero-order valence-electron chi connectivity index (χ0n) is 19.0. The van der Waals surface area contributed by atoms with Crippen LogP contribution >= 0.6 is 46.3 Å². The van der Waals surface area contributed by atoms with E-state index in [1.807, 2.05) is 17.5 Å². The van der Waals surface area contributed by atoms with Crippen LogP contribution in [0.5, 0.6) is 5.75 Å². The molecule has 0 aliphatic heterocycles. The molecule has 2 aromatic heterocycles. The van der Waals surface area contributed by atoms with Crippen molar-refractivity contribution >= 4 is 57.3 Å². The Hall–Kier alpha value is -2.92. The summed E-state index contributed by atoms with van der Waals surface area (Å²) in [6.45, 7) is 5.98. The van der Waals surface area contributed by atoms with Gasteiger partial charge in [0.25, 0.3) is 0 Å². The monoisotopic (exact) mass is 563 g/mol. The van der Waals surface area contributed by atoms with E-state index in [0.717, 1.165) is 11.3 Å². The van der Waals surface area contributed by atoms with Crippen LogP contribution in [0, 0.1) is 5.82 Å². The van der Waals surface area contributed by atoms with Crippen LogP contribution in [-0.2, 0) is 11.3 Å². The molecular formula is C24H20Cl2FN5O2S2. The first-order chi connectivity index (χ1) is 17.3. The van der Waals surface area contributed by atoms with Crippen LogP contribution in [0.25, 0.3) is 11.3 Å². The summed E-state index contributed by atoms with van der Waals surface area (Å²) in [4.78, 5) is 17.0. The van der Waals surface area contributed by atoms with Crippen molar-refractivity contribution in [2.45, 2.75) is 24.7 Å². The molecule has 36 heavy (non-hydrogen) atoms. The van der Waals surface area contributed by atoms with Gasteiger partial charge in [0.05, 0.1) is 16.5 Å². The van der Waals surface area contributed by atoms with Crippen LogP contribution < -0.4 is 10.1 Å². The summed E-state index contributed by atoms with van der Waals surface area (Å²) in [5, 5.41) is 15.0. The Morgan fingerprint density at radius 2 is 2.06 bits per heavy atom. The Morgan fingerprint density at radius 3 is 2.78 bits per heavy atom. The third-order valence-corrected chi connectivity index (χ3v) is 7.11. The zero-order valence-corrected chi connectivity index (χ0v) is 22.1. The van der Waals surface area contributed by atoms with Gasteiger partial charge in [-0.1, -0.05) is 53.2 Å². The molecular weight excluding hydrogens is 544 g/mol. The summed E-state index contributed by atoms with van der Waals surface area (Å²) in [7, 11) is 0. The van der Waals surface area contributed by atoms with Crippen molar-refractivity contribution in [3.8, 4) is 17.0 Å². The lowest BCUT2D eigenvalue weighted by atomic mass is 10.2. The van der Waals surface area contributed by atoms with E-state index in [1.165, 1.54) is 41.3 Å². The number of anilines is 1. The molecule has 0 saturated carbocycles. The molecule has 0 aliphatic carbocycles. The van der Waals surface area contributed by atoms with E-state index in [2.05, 4.69) is 27.1 Å². The number of rotatable bonds is 10. The number of nitrogens with one attached hydrogen (secondary N) is 1. The average molecular weight is 564 g/mol. The molecule has 1 amide bonds. The van der Waals surface area contributed by atoms with Gasteiger partial charge >= 0.3 is 0 Å². The minimum Gasteiger partial charge on any atom is -0.481 e. The second-order valence-corrected chi connectivity index (χ2v) is 10.1. The summed E-state index contributed by atoms with van der Waals surface area (Å²) in [6, 6.07) is 11.2. The Morgan fingerprint density at radius 1 is 1.28 bits per heavy atom. The molecule has 2 heterocycles. The molecule has 1 atom stereocenters. The highest BCUT2D eigenvalue weighted by Gasteiger charge is 2.21. The highest BCUT2D eigenvalue weighted by atomic mass is 35.5. The van der Waals surface area contributed by atoms with Crippen molar-refractivity contribution in [1.29, 1.82) is 0 Å². The molecule has 2 aromatic carbocycles. The molecule has 4 rings (SSSR count). The van der Waals surface area contributed by atoms with E-state index in [1.54, 1.807) is 29.7 Å². The lowest BCUT2D eigenvalue weighted by Crippen LogP contribution is -2.15. The van der Waals surface area contributed by atoms with Crippen LogP contribution in [0.1, 0.15) is 18.9 Å². The van der Waals surface area contributed by atoms with Crippen LogP contribution in [-0.4, -0.2) is 31.4 Å². The lowest BCUT2D eigenvalue weighted by molar-refractivity contribution is -0.113. The van der Waals surface area contributed by atoms with E-state index >= 15 is 0 Å². The van der Waals surface area contributed by atoms with E-state index in [4.69, 9.17) is 27.9 Å². The van der Waals surface area contributed by atoms with E-state index in [0.29, 0.717) is 33.4 Å². The van der Waals surface area contributed by atoms with Crippen LogP contribution in [0.2, 0.25) is 10.0 Å². The molecule has 7 nitrogen and oxygen atoms in total. The normalized spacial score (nSPS) is 11.8. The Balaban J connectivity index is 1.39. The van der Waals surface area contributed by atoms with Gasteiger partial charge in [0.15, 0.2) is 22.2 Å². The van der Waals surface area contributed by atoms with Gasteiger partial charge in [0, 0.05) is 22.5 Å². The lowest BCUT2D eigenvalue weighted by Gasteiger charge is -2.16. The highest BCUT2D eigenvalue weighted by molar-refractivity contribution is 7.99. The first kappa shape index (κ1) is 26.2. The number of thioether (sulfide) groups is 1. The number of amides is 1. The number of ether oxygens (including phenoxy) is 1. The van der Waals surface area contributed by atoms with Gasteiger partial charge in [0.2, 0.25) is 5.91 Å². The summed E-state index contributed by atoms with van der Waals surface area (Å²) < 4.78 is 21.0. The maximum Gasteiger partial charge on any atom is 0.236 e. The van der Waals surface area contributed by atoms with Crippen LogP contribution in [0.4, 0.5) is 9.52 Å². The van der Waals surface area contributed by atoms with Gasteiger partial charge in [-0.2, -0.15) is 0 Å². The predicted octanol–water partition coefficient (Wildman–Crippen LogP) is 6.90. The van der Waals surface area contributed by atoms with Crippen molar-refractivity contribution in [2.24, 2.45) is 0 Å². The first-order valence-corrected chi connectivity index (χ1v) is 13.3. The number of nitrogens with zero attached hydrogens (tertiary/aromatic N) is 4. The van der Waals surface area contributed by atoms with Gasteiger partial charge in [-0.25, -0.2) is 9.37 Å². The zero-order chi connectivity index (χ0) is 25.7. The fraction of sp³-hybridized carbons (Fsp3) is 0.167. The molecule has 1 N–H and O–H groups in total. The van der Waals surface area contributed by atoms with Crippen LogP contribution in [0.3, 0.4) is 0 Å². The van der Waals surface area contributed by atoms with Gasteiger partial charge in [-0.3, -0.25) is 9.36 Å². The minimum absolute atomic E-state index is 0.101. The maximum atomic E-state index is 13.3. The largest absolute Gasteiger partial charge is 0.481 e. The van der Waals surface area contributed by atoms with Crippen molar-refractivity contribution in [3.63, 3.8) is 0 Å². The summed E-state index contributed by atoms with van der Waals surface area (Å²) >= 11 is 14.6. The Labute approximate surface area is 225 Å². The third kappa shape index (κ3) is 6.44. The topological polar surface area (TPSA) is 81.9 Å². The Bertz CT molecular complexity index is 1380. The maximum absolute atomic E-state index is 13.3. The van der Waals surface area contributed by atoms with Crippen molar-refractivity contribution in [3.05, 3.63) is 82.2 Å². The van der Waals surface area contributed by atoms with Crippen LogP contribution in [0.15, 0.2) is 65.7 Å². The number of aromatic nitrogens is 4. The molecule has 0 radical (unpaired) electrons.